The topological polar surface area (TPSA) is 50.9 Å². The summed E-state index contributed by atoms with van der Waals surface area (Å²) in [5.74, 6) is 3.84. The fourth-order valence-corrected chi connectivity index (χ4v) is 2.50. The molecule has 0 atom stereocenters. The first-order valence-corrected chi connectivity index (χ1v) is 6.28. The van der Waals surface area contributed by atoms with Crippen LogP contribution in [0, 0.1) is 17.8 Å². The monoisotopic (exact) mass is 217 g/mol. The first kappa shape index (κ1) is 9.94. The number of nitrogens with zero attached hydrogens (tertiary/aromatic N) is 1. The number of rotatable bonds is 5. The van der Waals surface area contributed by atoms with E-state index in [9.17, 15) is 0 Å². The summed E-state index contributed by atoms with van der Waals surface area (Å²) in [6.07, 6.45) is 7.48. The lowest BCUT2D eigenvalue weighted by molar-refractivity contribution is 0.428. The van der Waals surface area contributed by atoms with Gasteiger partial charge in [0.25, 0.3) is 0 Å². The number of nitrogen functional groups attached to an aromatic ring is 1. The van der Waals surface area contributed by atoms with Crippen molar-refractivity contribution >= 4 is 11.5 Å². The molecule has 1 heterocycles. The quantitative estimate of drug-likeness (QED) is 0.796. The van der Waals surface area contributed by atoms with E-state index in [1.165, 1.54) is 25.7 Å². The van der Waals surface area contributed by atoms with Gasteiger partial charge in [-0.15, -0.1) is 0 Å². The van der Waals surface area contributed by atoms with Crippen molar-refractivity contribution in [3.8, 4) is 0 Å². The van der Waals surface area contributed by atoms with Crippen molar-refractivity contribution in [2.45, 2.75) is 25.7 Å². The molecular weight excluding hydrogens is 198 g/mol. The Hall–Kier alpha value is -1.25. The maximum Gasteiger partial charge on any atom is 0.126 e. The smallest absolute Gasteiger partial charge is 0.126 e. The fraction of sp³-hybridized carbons (Fsp3) is 0.615. The van der Waals surface area contributed by atoms with Crippen LogP contribution in [0.15, 0.2) is 18.3 Å². The summed E-state index contributed by atoms with van der Waals surface area (Å²) in [4.78, 5) is 4.27. The van der Waals surface area contributed by atoms with Crippen molar-refractivity contribution < 1.29 is 0 Å². The number of hydrogen-bond acceptors (Lipinski definition) is 3. The number of aromatic nitrogens is 1. The second-order valence-corrected chi connectivity index (χ2v) is 5.20. The van der Waals surface area contributed by atoms with E-state index in [4.69, 9.17) is 5.73 Å². The lowest BCUT2D eigenvalue weighted by Crippen LogP contribution is -2.18. The molecule has 0 aliphatic heterocycles. The molecule has 16 heavy (non-hydrogen) atoms. The van der Waals surface area contributed by atoms with Gasteiger partial charge in [-0.05, 0) is 55.6 Å². The third kappa shape index (κ3) is 2.29. The molecule has 2 fully saturated rings. The molecule has 2 aliphatic rings. The third-order valence-electron chi connectivity index (χ3n) is 3.76. The van der Waals surface area contributed by atoms with Gasteiger partial charge in [0.1, 0.15) is 5.82 Å². The van der Waals surface area contributed by atoms with Gasteiger partial charge in [0.05, 0.1) is 11.9 Å². The second-order valence-electron chi connectivity index (χ2n) is 5.20. The molecule has 0 unspecified atom stereocenters. The van der Waals surface area contributed by atoms with Gasteiger partial charge in [-0.3, -0.25) is 0 Å². The van der Waals surface area contributed by atoms with Crippen LogP contribution in [-0.4, -0.2) is 11.5 Å². The number of nitrogens with one attached hydrogen (secondary N) is 1. The first-order valence-electron chi connectivity index (χ1n) is 6.28. The predicted molar refractivity (Wildman–Crippen MR) is 66.1 cm³/mol. The highest BCUT2D eigenvalue weighted by Crippen LogP contribution is 2.49. The molecule has 3 heteroatoms. The van der Waals surface area contributed by atoms with Crippen molar-refractivity contribution in [2.24, 2.45) is 17.8 Å². The summed E-state index contributed by atoms with van der Waals surface area (Å²) in [7, 11) is 0. The third-order valence-corrected chi connectivity index (χ3v) is 3.76. The van der Waals surface area contributed by atoms with Crippen molar-refractivity contribution in [1.29, 1.82) is 0 Å². The Bertz CT molecular complexity index is 340. The molecule has 3 nitrogen and oxygen atoms in total. The van der Waals surface area contributed by atoms with Crippen LogP contribution in [0.25, 0.3) is 0 Å². The molecule has 3 rings (SSSR count). The lowest BCUT2D eigenvalue weighted by atomic mass is 9.98. The van der Waals surface area contributed by atoms with Gasteiger partial charge >= 0.3 is 0 Å². The van der Waals surface area contributed by atoms with E-state index in [2.05, 4.69) is 10.3 Å². The van der Waals surface area contributed by atoms with Crippen molar-refractivity contribution in [3.05, 3.63) is 18.3 Å². The first-order chi connectivity index (χ1) is 7.83. The van der Waals surface area contributed by atoms with Crippen LogP contribution in [0.1, 0.15) is 25.7 Å². The normalized spacial score (nSPS) is 20.1. The molecule has 0 amide bonds. The molecule has 1 aromatic rings. The summed E-state index contributed by atoms with van der Waals surface area (Å²) < 4.78 is 0. The Morgan fingerprint density at radius 2 is 1.94 bits per heavy atom. The Balaban J connectivity index is 1.56. The van der Waals surface area contributed by atoms with E-state index in [-0.39, 0.29) is 0 Å². The van der Waals surface area contributed by atoms with Gasteiger partial charge in [-0.1, -0.05) is 0 Å². The van der Waals surface area contributed by atoms with Crippen molar-refractivity contribution in [2.75, 3.05) is 17.6 Å². The highest BCUT2D eigenvalue weighted by Gasteiger charge is 2.40. The average molecular weight is 217 g/mol. The zero-order valence-electron chi connectivity index (χ0n) is 9.52. The van der Waals surface area contributed by atoms with Gasteiger partial charge in [-0.2, -0.15) is 0 Å². The van der Waals surface area contributed by atoms with Crippen molar-refractivity contribution in [1.82, 2.24) is 4.98 Å². The van der Waals surface area contributed by atoms with Gasteiger partial charge in [0.2, 0.25) is 0 Å². The number of nitrogens with two attached hydrogens (primary N) is 1. The van der Waals surface area contributed by atoms with Crippen LogP contribution in [-0.2, 0) is 0 Å². The molecule has 0 aromatic carbocycles. The molecule has 0 spiro atoms. The molecule has 0 radical (unpaired) electrons. The summed E-state index contributed by atoms with van der Waals surface area (Å²) in [5, 5.41) is 3.45. The zero-order chi connectivity index (χ0) is 11.0. The van der Waals surface area contributed by atoms with Crippen LogP contribution in [0.3, 0.4) is 0 Å². The standard InChI is InChI=1S/C13H19N3/c14-11-5-6-13(15-7-11)16-8-12(9-1-2-9)10-3-4-10/h5-7,9-10,12H,1-4,8,14H2,(H,15,16). The number of anilines is 2. The predicted octanol–water partition coefficient (Wildman–Crippen LogP) is 2.51. The second kappa shape index (κ2) is 3.96. The highest BCUT2D eigenvalue weighted by atomic mass is 15.0. The molecule has 3 N–H and O–H groups in total. The van der Waals surface area contributed by atoms with Gasteiger partial charge in [0, 0.05) is 6.54 Å². The fourth-order valence-electron chi connectivity index (χ4n) is 2.50. The summed E-state index contributed by atoms with van der Waals surface area (Å²) in [6, 6.07) is 3.87. The SMILES string of the molecule is Nc1ccc(NCC(C2CC2)C2CC2)nc1. The summed E-state index contributed by atoms with van der Waals surface area (Å²) in [5.41, 5.74) is 6.34. The Labute approximate surface area is 96.4 Å². The Kier molecular flexibility index (Phi) is 2.46. The van der Waals surface area contributed by atoms with Crippen LogP contribution in [0.4, 0.5) is 11.5 Å². The minimum absolute atomic E-state index is 0.728. The van der Waals surface area contributed by atoms with E-state index >= 15 is 0 Å². The zero-order valence-corrected chi connectivity index (χ0v) is 9.52. The van der Waals surface area contributed by atoms with Crippen LogP contribution >= 0.6 is 0 Å². The molecule has 2 saturated carbocycles. The molecule has 1 aromatic heterocycles. The maximum atomic E-state index is 5.61. The number of hydrogen-bond donors (Lipinski definition) is 2. The van der Waals surface area contributed by atoms with E-state index < -0.39 is 0 Å². The van der Waals surface area contributed by atoms with E-state index in [1.807, 2.05) is 12.1 Å². The largest absolute Gasteiger partial charge is 0.397 e. The molecule has 2 aliphatic carbocycles. The molecule has 86 valence electrons. The van der Waals surface area contributed by atoms with Crippen LogP contribution in [0.5, 0.6) is 0 Å². The van der Waals surface area contributed by atoms with E-state index in [1.54, 1.807) is 6.20 Å². The minimum atomic E-state index is 0.728. The maximum absolute atomic E-state index is 5.61. The van der Waals surface area contributed by atoms with Gasteiger partial charge < -0.3 is 11.1 Å². The Morgan fingerprint density at radius 1 is 1.25 bits per heavy atom. The van der Waals surface area contributed by atoms with Gasteiger partial charge in [-0.25, -0.2) is 4.98 Å². The lowest BCUT2D eigenvalue weighted by Gasteiger charge is -2.16. The minimum Gasteiger partial charge on any atom is -0.397 e. The molecule has 0 saturated heterocycles. The number of pyridine rings is 1. The summed E-state index contributed by atoms with van der Waals surface area (Å²) >= 11 is 0. The molecular formula is C13H19N3. The molecule has 0 bridgehead atoms. The highest BCUT2D eigenvalue weighted by molar-refractivity contribution is 5.43. The van der Waals surface area contributed by atoms with Crippen LogP contribution in [0.2, 0.25) is 0 Å². The van der Waals surface area contributed by atoms with E-state index in [0.29, 0.717) is 0 Å². The van der Waals surface area contributed by atoms with Crippen LogP contribution < -0.4 is 11.1 Å². The van der Waals surface area contributed by atoms with Crippen molar-refractivity contribution in [3.63, 3.8) is 0 Å². The summed E-state index contributed by atoms with van der Waals surface area (Å²) in [6.45, 7) is 1.09. The average Bonchev–Trinajstić information content (AvgIpc) is 3.15. The van der Waals surface area contributed by atoms with Gasteiger partial charge in [0.15, 0.2) is 0 Å². The Morgan fingerprint density at radius 3 is 2.44 bits per heavy atom. The van der Waals surface area contributed by atoms with E-state index in [0.717, 1.165) is 35.8 Å².